The van der Waals surface area contributed by atoms with E-state index < -0.39 is 5.97 Å². The molecule has 1 aromatic carbocycles. The Morgan fingerprint density at radius 1 is 1.35 bits per heavy atom. The molecule has 0 amide bonds. The quantitative estimate of drug-likeness (QED) is 0.613. The number of halogens is 2. The number of aliphatic carboxylic acids is 1. The van der Waals surface area contributed by atoms with Gasteiger partial charge in [-0.3, -0.25) is 0 Å². The van der Waals surface area contributed by atoms with Crippen LogP contribution in [0.4, 0.5) is 0 Å². The molecule has 0 heterocycles. The van der Waals surface area contributed by atoms with Gasteiger partial charge in [0.25, 0.3) is 0 Å². The predicted octanol–water partition coefficient (Wildman–Crippen LogP) is 4.01. The van der Waals surface area contributed by atoms with Crippen molar-refractivity contribution in [3.8, 4) is 5.75 Å². The molecule has 3 nitrogen and oxygen atoms in total. The fourth-order valence-electron chi connectivity index (χ4n) is 1.19. The van der Waals surface area contributed by atoms with Gasteiger partial charge in [-0.1, -0.05) is 12.6 Å². The van der Waals surface area contributed by atoms with Crippen molar-refractivity contribution in [1.29, 1.82) is 0 Å². The second kappa shape index (κ2) is 6.81. The first-order valence-corrected chi connectivity index (χ1v) is 6.59. The van der Waals surface area contributed by atoms with Gasteiger partial charge in [-0.25, -0.2) is 4.79 Å². The highest BCUT2D eigenvalue weighted by molar-refractivity contribution is 9.11. The van der Waals surface area contributed by atoms with Crippen molar-refractivity contribution in [3.05, 3.63) is 39.3 Å². The molecule has 0 aromatic heterocycles. The minimum atomic E-state index is -0.952. The largest absolute Gasteiger partial charge is 0.491 e. The molecule has 17 heavy (non-hydrogen) atoms. The van der Waals surface area contributed by atoms with Gasteiger partial charge in [0.1, 0.15) is 5.75 Å². The number of rotatable bonds is 6. The smallest absolute Gasteiger partial charge is 0.330 e. The number of hydrogen-bond donors (Lipinski definition) is 1. The van der Waals surface area contributed by atoms with Crippen molar-refractivity contribution < 1.29 is 14.6 Å². The van der Waals surface area contributed by atoms with E-state index >= 15 is 0 Å². The lowest BCUT2D eigenvalue weighted by molar-refractivity contribution is -0.132. The first-order valence-electron chi connectivity index (χ1n) is 5.00. The van der Waals surface area contributed by atoms with E-state index in [0.29, 0.717) is 19.4 Å². The second-order valence-corrected chi connectivity index (χ2v) is 5.12. The molecule has 0 fully saturated rings. The van der Waals surface area contributed by atoms with E-state index in [1.54, 1.807) is 0 Å². The number of benzene rings is 1. The molecule has 0 spiro atoms. The number of carboxylic acids is 1. The van der Waals surface area contributed by atoms with E-state index in [4.69, 9.17) is 9.84 Å². The van der Waals surface area contributed by atoms with Gasteiger partial charge in [0.05, 0.1) is 15.6 Å². The molecule has 0 aliphatic rings. The van der Waals surface area contributed by atoms with Crippen molar-refractivity contribution >= 4 is 37.8 Å². The van der Waals surface area contributed by atoms with Gasteiger partial charge >= 0.3 is 5.97 Å². The molecule has 0 atom stereocenters. The summed E-state index contributed by atoms with van der Waals surface area (Å²) in [7, 11) is 0. The molecule has 0 aliphatic carbocycles. The zero-order chi connectivity index (χ0) is 12.8. The molecule has 0 saturated heterocycles. The lowest BCUT2D eigenvalue weighted by atomic mass is 10.2. The molecule has 1 rings (SSSR count). The Morgan fingerprint density at radius 3 is 2.47 bits per heavy atom. The van der Waals surface area contributed by atoms with Crippen LogP contribution in [0, 0.1) is 0 Å². The average Bonchev–Trinajstić information content (AvgIpc) is 2.27. The lowest BCUT2D eigenvalue weighted by Gasteiger charge is -2.09. The Kier molecular flexibility index (Phi) is 5.71. The van der Waals surface area contributed by atoms with Crippen LogP contribution in [-0.4, -0.2) is 17.7 Å². The molecular formula is C12H12Br2O3. The lowest BCUT2D eigenvalue weighted by Crippen LogP contribution is -2.03. The fraction of sp³-hybridized carbons (Fsp3) is 0.250. The summed E-state index contributed by atoms with van der Waals surface area (Å²) in [5.74, 6) is -0.222. The molecular weight excluding hydrogens is 352 g/mol. The van der Waals surface area contributed by atoms with E-state index in [1.165, 1.54) is 0 Å². The van der Waals surface area contributed by atoms with Crippen LogP contribution in [0.3, 0.4) is 0 Å². The standard InChI is InChI=1S/C12H12Br2O3/c1-8(12(15)16)4-3-7-17-11-9(13)5-2-6-10(11)14/h2,5-6H,1,3-4,7H2,(H,15,16). The van der Waals surface area contributed by atoms with Crippen LogP contribution < -0.4 is 4.74 Å². The van der Waals surface area contributed by atoms with Gasteiger partial charge < -0.3 is 9.84 Å². The third-order valence-electron chi connectivity index (χ3n) is 2.09. The first kappa shape index (κ1) is 14.3. The van der Waals surface area contributed by atoms with E-state index in [9.17, 15) is 4.79 Å². The number of carboxylic acid groups (broad SMARTS) is 1. The SMILES string of the molecule is C=C(CCCOc1c(Br)cccc1Br)C(=O)O. The normalized spacial score (nSPS) is 10.0. The molecule has 1 N–H and O–H groups in total. The highest BCUT2D eigenvalue weighted by atomic mass is 79.9. The molecule has 0 bridgehead atoms. The highest BCUT2D eigenvalue weighted by Crippen LogP contribution is 2.33. The maximum atomic E-state index is 10.5. The molecule has 92 valence electrons. The minimum Gasteiger partial charge on any atom is -0.491 e. The number of ether oxygens (including phenoxy) is 1. The molecule has 5 heteroatoms. The average molecular weight is 364 g/mol. The Hall–Kier alpha value is -0.810. The van der Waals surface area contributed by atoms with E-state index in [0.717, 1.165) is 14.7 Å². The zero-order valence-corrected chi connectivity index (χ0v) is 12.3. The molecule has 1 aromatic rings. The van der Waals surface area contributed by atoms with Crippen LogP contribution in [0.15, 0.2) is 39.3 Å². The third-order valence-corrected chi connectivity index (χ3v) is 3.34. The summed E-state index contributed by atoms with van der Waals surface area (Å²) >= 11 is 6.77. The summed E-state index contributed by atoms with van der Waals surface area (Å²) in [4.78, 5) is 10.5. The van der Waals surface area contributed by atoms with Gasteiger partial charge in [0, 0.05) is 5.57 Å². The molecule has 0 unspecified atom stereocenters. The predicted molar refractivity (Wildman–Crippen MR) is 73.3 cm³/mol. The molecule has 0 radical (unpaired) electrons. The van der Waals surface area contributed by atoms with E-state index in [1.807, 2.05) is 18.2 Å². The summed E-state index contributed by atoms with van der Waals surface area (Å²) in [6.07, 6.45) is 1.05. The van der Waals surface area contributed by atoms with Gasteiger partial charge in [-0.2, -0.15) is 0 Å². The number of carbonyl (C=O) groups is 1. The van der Waals surface area contributed by atoms with E-state index in [2.05, 4.69) is 38.4 Å². The Balaban J connectivity index is 2.41. The first-order chi connectivity index (χ1) is 8.02. The molecule has 0 aliphatic heterocycles. The summed E-state index contributed by atoms with van der Waals surface area (Å²) in [6.45, 7) is 3.91. The van der Waals surface area contributed by atoms with Crippen LogP contribution in [0.5, 0.6) is 5.75 Å². The van der Waals surface area contributed by atoms with Gasteiger partial charge in [-0.05, 0) is 56.8 Å². The van der Waals surface area contributed by atoms with E-state index in [-0.39, 0.29) is 5.57 Å². The number of hydrogen-bond acceptors (Lipinski definition) is 2. The fourth-order valence-corrected chi connectivity index (χ4v) is 2.41. The maximum Gasteiger partial charge on any atom is 0.330 e. The highest BCUT2D eigenvalue weighted by Gasteiger charge is 2.07. The Morgan fingerprint density at radius 2 is 1.94 bits per heavy atom. The summed E-state index contributed by atoms with van der Waals surface area (Å²) in [6, 6.07) is 5.67. The van der Waals surface area contributed by atoms with Gasteiger partial charge in [0.15, 0.2) is 0 Å². The van der Waals surface area contributed by atoms with Crippen molar-refractivity contribution in [2.75, 3.05) is 6.61 Å². The summed E-state index contributed by atoms with van der Waals surface area (Å²) < 4.78 is 7.30. The Bertz CT molecular complexity index is 410. The maximum absolute atomic E-state index is 10.5. The Labute approximate surface area is 117 Å². The van der Waals surface area contributed by atoms with Crippen molar-refractivity contribution in [2.24, 2.45) is 0 Å². The van der Waals surface area contributed by atoms with Crippen molar-refractivity contribution in [1.82, 2.24) is 0 Å². The molecule has 0 saturated carbocycles. The topological polar surface area (TPSA) is 46.5 Å². The monoisotopic (exact) mass is 362 g/mol. The van der Waals surface area contributed by atoms with Crippen LogP contribution >= 0.6 is 31.9 Å². The minimum absolute atomic E-state index is 0.208. The van der Waals surface area contributed by atoms with Crippen molar-refractivity contribution in [2.45, 2.75) is 12.8 Å². The van der Waals surface area contributed by atoms with Crippen LogP contribution in [0.25, 0.3) is 0 Å². The summed E-state index contributed by atoms with van der Waals surface area (Å²) in [5.41, 5.74) is 0.208. The van der Waals surface area contributed by atoms with Gasteiger partial charge in [-0.15, -0.1) is 0 Å². The third kappa shape index (κ3) is 4.52. The van der Waals surface area contributed by atoms with Crippen LogP contribution in [0.1, 0.15) is 12.8 Å². The number of para-hydroxylation sites is 1. The summed E-state index contributed by atoms with van der Waals surface area (Å²) in [5, 5.41) is 8.63. The van der Waals surface area contributed by atoms with Crippen LogP contribution in [-0.2, 0) is 4.79 Å². The van der Waals surface area contributed by atoms with Crippen LogP contribution in [0.2, 0.25) is 0 Å². The second-order valence-electron chi connectivity index (χ2n) is 3.41. The van der Waals surface area contributed by atoms with Crippen molar-refractivity contribution in [3.63, 3.8) is 0 Å². The zero-order valence-electron chi connectivity index (χ0n) is 9.08. The van der Waals surface area contributed by atoms with Gasteiger partial charge in [0.2, 0.25) is 0 Å².